The van der Waals surface area contributed by atoms with Crippen molar-refractivity contribution in [2.45, 2.75) is 47.1 Å². The maximum atomic E-state index is 11.7. The van der Waals surface area contributed by atoms with Crippen LogP contribution < -0.4 is 5.32 Å². The highest BCUT2D eigenvalue weighted by Crippen LogP contribution is 2.13. The van der Waals surface area contributed by atoms with Crippen LogP contribution in [-0.4, -0.2) is 17.1 Å². The molecule has 0 radical (unpaired) electrons. The van der Waals surface area contributed by atoms with E-state index in [-0.39, 0.29) is 17.4 Å². The fourth-order valence-electron chi connectivity index (χ4n) is 1.31. The molecule has 1 N–H and O–H groups in total. The second kappa shape index (κ2) is 4.68. The van der Waals surface area contributed by atoms with Gasteiger partial charge in [0, 0.05) is 23.9 Å². The van der Waals surface area contributed by atoms with E-state index in [4.69, 9.17) is 4.52 Å². The van der Waals surface area contributed by atoms with Gasteiger partial charge in [0.2, 0.25) is 5.91 Å². The van der Waals surface area contributed by atoms with Gasteiger partial charge in [-0.2, -0.15) is 0 Å². The molecular formula is C12H20N2O2. The number of carbonyl (C=O) groups is 1. The molecule has 4 heteroatoms. The first-order valence-electron chi connectivity index (χ1n) is 5.52. The smallest absolute Gasteiger partial charge is 0.225 e. The molecule has 1 rings (SSSR count). The second-order valence-electron chi connectivity index (χ2n) is 5.26. The standard InChI is InChI=1S/C12H20N2O2/c1-8(13-11(15)12(3,4)5)6-10-7-9(2)14-16-10/h7-8H,6H2,1-5H3,(H,13,15). The molecule has 1 aromatic heterocycles. The highest BCUT2D eigenvalue weighted by molar-refractivity contribution is 5.81. The Morgan fingerprint density at radius 1 is 1.56 bits per heavy atom. The van der Waals surface area contributed by atoms with Crippen molar-refractivity contribution in [3.8, 4) is 0 Å². The molecule has 1 atom stereocenters. The molecule has 0 aliphatic rings. The van der Waals surface area contributed by atoms with Crippen molar-refractivity contribution in [3.05, 3.63) is 17.5 Å². The van der Waals surface area contributed by atoms with E-state index >= 15 is 0 Å². The first-order chi connectivity index (χ1) is 7.29. The Bertz CT molecular complexity index is 363. The first-order valence-corrected chi connectivity index (χ1v) is 5.52. The molecule has 1 heterocycles. The van der Waals surface area contributed by atoms with E-state index in [1.807, 2.05) is 40.7 Å². The summed E-state index contributed by atoms with van der Waals surface area (Å²) in [6.45, 7) is 9.53. The number of nitrogens with one attached hydrogen (secondary N) is 1. The van der Waals surface area contributed by atoms with E-state index in [1.54, 1.807) is 0 Å². The Kier molecular flexibility index (Phi) is 3.73. The van der Waals surface area contributed by atoms with Gasteiger partial charge in [0.05, 0.1) is 5.69 Å². The van der Waals surface area contributed by atoms with E-state index < -0.39 is 0 Å². The molecule has 1 amide bonds. The van der Waals surface area contributed by atoms with E-state index in [0.29, 0.717) is 6.42 Å². The molecule has 16 heavy (non-hydrogen) atoms. The van der Waals surface area contributed by atoms with Crippen LogP contribution in [0.4, 0.5) is 0 Å². The number of hydrogen-bond donors (Lipinski definition) is 1. The summed E-state index contributed by atoms with van der Waals surface area (Å²) in [7, 11) is 0. The topological polar surface area (TPSA) is 55.1 Å². The molecule has 0 fully saturated rings. The maximum Gasteiger partial charge on any atom is 0.225 e. The van der Waals surface area contributed by atoms with Crippen molar-refractivity contribution >= 4 is 5.91 Å². The van der Waals surface area contributed by atoms with Crippen molar-refractivity contribution in [1.82, 2.24) is 10.5 Å². The number of carbonyl (C=O) groups excluding carboxylic acids is 1. The molecular weight excluding hydrogens is 204 g/mol. The van der Waals surface area contributed by atoms with Gasteiger partial charge in [0.25, 0.3) is 0 Å². The number of rotatable bonds is 3. The van der Waals surface area contributed by atoms with Crippen LogP contribution in [-0.2, 0) is 11.2 Å². The predicted octanol–water partition coefficient (Wildman–Crippen LogP) is 2.08. The number of nitrogens with zero attached hydrogens (tertiary/aromatic N) is 1. The molecule has 90 valence electrons. The van der Waals surface area contributed by atoms with Crippen LogP contribution in [0.15, 0.2) is 10.6 Å². The molecule has 0 bridgehead atoms. The summed E-state index contributed by atoms with van der Waals surface area (Å²) in [5, 5.41) is 6.76. The largest absolute Gasteiger partial charge is 0.361 e. The van der Waals surface area contributed by atoms with Gasteiger partial charge in [-0.3, -0.25) is 4.79 Å². The molecule has 0 saturated heterocycles. The van der Waals surface area contributed by atoms with Gasteiger partial charge >= 0.3 is 0 Å². The van der Waals surface area contributed by atoms with Crippen molar-refractivity contribution in [1.29, 1.82) is 0 Å². The third kappa shape index (κ3) is 3.68. The summed E-state index contributed by atoms with van der Waals surface area (Å²) in [4.78, 5) is 11.7. The average molecular weight is 224 g/mol. The number of amides is 1. The van der Waals surface area contributed by atoms with E-state index in [1.165, 1.54) is 0 Å². The highest BCUT2D eigenvalue weighted by Gasteiger charge is 2.22. The Labute approximate surface area is 96.4 Å². The predicted molar refractivity (Wildman–Crippen MR) is 62.0 cm³/mol. The minimum atomic E-state index is -0.356. The van der Waals surface area contributed by atoms with Gasteiger partial charge in [-0.1, -0.05) is 25.9 Å². The monoisotopic (exact) mass is 224 g/mol. The molecule has 0 aromatic carbocycles. The zero-order valence-corrected chi connectivity index (χ0v) is 10.6. The molecule has 1 aromatic rings. The zero-order valence-electron chi connectivity index (χ0n) is 10.6. The summed E-state index contributed by atoms with van der Waals surface area (Å²) in [6.07, 6.45) is 0.669. The van der Waals surface area contributed by atoms with Crippen molar-refractivity contribution < 1.29 is 9.32 Å². The van der Waals surface area contributed by atoms with Gasteiger partial charge in [0.15, 0.2) is 0 Å². The van der Waals surface area contributed by atoms with Crippen LogP contribution in [0, 0.1) is 12.3 Å². The van der Waals surface area contributed by atoms with Crippen molar-refractivity contribution in [3.63, 3.8) is 0 Å². The van der Waals surface area contributed by atoms with Gasteiger partial charge in [0.1, 0.15) is 5.76 Å². The van der Waals surface area contributed by atoms with Crippen LogP contribution in [0.25, 0.3) is 0 Å². The van der Waals surface area contributed by atoms with Crippen LogP contribution in [0.2, 0.25) is 0 Å². The molecule has 0 saturated carbocycles. The summed E-state index contributed by atoms with van der Waals surface area (Å²) in [6, 6.07) is 1.94. The zero-order chi connectivity index (χ0) is 12.3. The van der Waals surface area contributed by atoms with Gasteiger partial charge in [-0.15, -0.1) is 0 Å². The minimum absolute atomic E-state index is 0.0521. The van der Waals surface area contributed by atoms with E-state index in [9.17, 15) is 4.79 Å². The normalized spacial score (nSPS) is 13.6. The lowest BCUT2D eigenvalue weighted by atomic mass is 9.95. The van der Waals surface area contributed by atoms with E-state index in [0.717, 1.165) is 11.5 Å². The van der Waals surface area contributed by atoms with Crippen LogP contribution in [0.1, 0.15) is 39.1 Å². The van der Waals surface area contributed by atoms with Crippen LogP contribution >= 0.6 is 0 Å². The molecule has 0 aliphatic carbocycles. The SMILES string of the molecule is Cc1cc(CC(C)NC(=O)C(C)(C)C)on1. The summed E-state index contributed by atoms with van der Waals surface area (Å²) in [5.74, 6) is 0.857. The third-order valence-corrected chi connectivity index (χ3v) is 2.24. The van der Waals surface area contributed by atoms with Crippen LogP contribution in [0.3, 0.4) is 0 Å². The molecule has 1 unspecified atom stereocenters. The highest BCUT2D eigenvalue weighted by atomic mass is 16.5. The molecule has 0 spiro atoms. The number of aromatic nitrogens is 1. The maximum absolute atomic E-state index is 11.7. The molecule has 0 aliphatic heterocycles. The Morgan fingerprint density at radius 3 is 2.62 bits per heavy atom. The lowest BCUT2D eigenvalue weighted by Crippen LogP contribution is -2.41. The first kappa shape index (κ1) is 12.7. The number of hydrogen-bond acceptors (Lipinski definition) is 3. The third-order valence-electron chi connectivity index (χ3n) is 2.24. The minimum Gasteiger partial charge on any atom is -0.361 e. The summed E-state index contributed by atoms with van der Waals surface area (Å²) in [5.41, 5.74) is 0.510. The van der Waals surface area contributed by atoms with Crippen molar-refractivity contribution in [2.24, 2.45) is 5.41 Å². The lowest BCUT2D eigenvalue weighted by molar-refractivity contribution is -0.129. The van der Waals surface area contributed by atoms with Crippen LogP contribution in [0.5, 0.6) is 0 Å². The fraction of sp³-hybridized carbons (Fsp3) is 0.667. The Balaban J connectivity index is 2.48. The second-order valence-corrected chi connectivity index (χ2v) is 5.26. The fourth-order valence-corrected chi connectivity index (χ4v) is 1.31. The summed E-state index contributed by atoms with van der Waals surface area (Å²) >= 11 is 0. The quantitative estimate of drug-likeness (QED) is 0.855. The number of aryl methyl sites for hydroxylation is 1. The lowest BCUT2D eigenvalue weighted by Gasteiger charge is -2.21. The Hall–Kier alpha value is -1.32. The average Bonchev–Trinajstić information content (AvgIpc) is 2.49. The van der Waals surface area contributed by atoms with Gasteiger partial charge in [-0.05, 0) is 13.8 Å². The Morgan fingerprint density at radius 2 is 2.19 bits per heavy atom. The summed E-state index contributed by atoms with van der Waals surface area (Å²) < 4.78 is 5.10. The van der Waals surface area contributed by atoms with Crippen molar-refractivity contribution in [2.75, 3.05) is 0 Å². The molecule has 4 nitrogen and oxygen atoms in total. The van der Waals surface area contributed by atoms with Gasteiger partial charge < -0.3 is 9.84 Å². The van der Waals surface area contributed by atoms with E-state index in [2.05, 4.69) is 10.5 Å². The van der Waals surface area contributed by atoms with Gasteiger partial charge in [-0.25, -0.2) is 0 Å².